The van der Waals surface area contributed by atoms with E-state index >= 15 is 0 Å². The third-order valence-corrected chi connectivity index (χ3v) is 7.91. The number of rotatable bonds is 6. The number of aromatic nitrogens is 2. The van der Waals surface area contributed by atoms with Crippen LogP contribution in [0.4, 0.5) is 18.9 Å². The number of nitrogens with one attached hydrogen (secondary N) is 1. The highest BCUT2D eigenvalue weighted by Crippen LogP contribution is 2.35. The van der Waals surface area contributed by atoms with Crippen molar-refractivity contribution in [2.75, 3.05) is 4.72 Å². The van der Waals surface area contributed by atoms with Crippen LogP contribution in [0, 0.1) is 5.92 Å². The molecule has 0 amide bonds. The molecule has 176 valence electrons. The van der Waals surface area contributed by atoms with Gasteiger partial charge in [0.2, 0.25) is 0 Å². The fraction of sp³-hybridized carbons (Fsp3) is 0.364. The Morgan fingerprint density at radius 1 is 1.12 bits per heavy atom. The summed E-state index contributed by atoms with van der Waals surface area (Å²) in [5.41, 5.74) is -2.67. The standard InChI is InChI=1S/C22H21ClF3N3O2S2/c23-19-12-16(29-33(30,31)22(24,25)26)6-7-18(19)20-13-32-21(28-20)15-8-9-27-17(11-15)10-14-4-2-1-3-5-14/h6-9,11-14,29H,1-5,10H2. The monoisotopic (exact) mass is 515 g/mol. The molecule has 0 bridgehead atoms. The molecule has 1 aromatic carbocycles. The summed E-state index contributed by atoms with van der Waals surface area (Å²) < 4.78 is 61.9. The zero-order valence-electron chi connectivity index (χ0n) is 17.4. The minimum Gasteiger partial charge on any atom is -0.276 e. The molecule has 1 aliphatic rings. The summed E-state index contributed by atoms with van der Waals surface area (Å²) in [6.45, 7) is 0. The van der Waals surface area contributed by atoms with Gasteiger partial charge in [0.15, 0.2) is 0 Å². The average molecular weight is 516 g/mol. The molecular weight excluding hydrogens is 495 g/mol. The first kappa shape index (κ1) is 24.0. The quantitative estimate of drug-likeness (QED) is 0.387. The van der Waals surface area contributed by atoms with Crippen molar-refractivity contribution in [1.82, 2.24) is 9.97 Å². The van der Waals surface area contributed by atoms with E-state index in [2.05, 4.69) is 9.97 Å². The lowest BCUT2D eigenvalue weighted by Gasteiger charge is -2.21. The first-order chi connectivity index (χ1) is 15.6. The smallest absolute Gasteiger partial charge is 0.276 e. The Bertz CT molecular complexity index is 1240. The van der Waals surface area contributed by atoms with Gasteiger partial charge in [0.25, 0.3) is 0 Å². The van der Waals surface area contributed by atoms with Gasteiger partial charge in [-0.15, -0.1) is 11.3 Å². The van der Waals surface area contributed by atoms with Crippen molar-refractivity contribution in [3.63, 3.8) is 0 Å². The topological polar surface area (TPSA) is 72.0 Å². The molecule has 1 aliphatic carbocycles. The van der Waals surface area contributed by atoms with E-state index in [4.69, 9.17) is 11.6 Å². The Labute approximate surface area is 199 Å². The summed E-state index contributed by atoms with van der Waals surface area (Å²) in [7, 11) is -5.52. The summed E-state index contributed by atoms with van der Waals surface area (Å²) in [6.07, 6.45) is 9.07. The largest absolute Gasteiger partial charge is 0.516 e. The van der Waals surface area contributed by atoms with Crippen LogP contribution < -0.4 is 4.72 Å². The van der Waals surface area contributed by atoms with Crippen LogP contribution in [0.5, 0.6) is 0 Å². The van der Waals surface area contributed by atoms with Crippen molar-refractivity contribution < 1.29 is 21.6 Å². The van der Waals surface area contributed by atoms with Crippen molar-refractivity contribution >= 4 is 38.6 Å². The molecule has 0 unspecified atom stereocenters. The first-order valence-corrected chi connectivity index (χ1v) is 13.2. The molecule has 2 aromatic heterocycles. The van der Waals surface area contributed by atoms with Crippen LogP contribution in [-0.2, 0) is 16.4 Å². The molecule has 4 rings (SSSR count). The van der Waals surface area contributed by atoms with Crippen LogP contribution in [0.1, 0.15) is 37.8 Å². The number of halogens is 4. The van der Waals surface area contributed by atoms with Gasteiger partial charge in [-0.3, -0.25) is 9.71 Å². The summed E-state index contributed by atoms with van der Waals surface area (Å²) in [5.74, 6) is 0.667. The third kappa shape index (κ3) is 5.67. The predicted molar refractivity (Wildman–Crippen MR) is 125 cm³/mol. The van der Waals surface area contributed by atoms with E-state index in [-0.39, 0.29) is 10.7 Å². The van der Waals surface area contributed by atoms with Crippen LogP contribution in [0.15, 0.2) is 41.9 Å². The molecule has 0 saturated heterocycles. The highest BCUT2D eigenvalue weighted by atomic mass is 35.5. The van der Waals surface area contributed by atoms with Gasteiger partial charge in [-0.1, -0.05) is 43.7 Å². The number of nitrogens with zero attached hydrogens (tertiary/aromatic N) is 2. The number of hydrogen-bond acceptors (Lipinski definition) is 5. The van der Waals surface area contributed by atoms with Gasteiger partial charge in [-0.25, -0.2) is 4.98 Å². The van der Waals surface area contributed by atoms with Crippen molar-refractivity contribution in [1.29, 1.82) is 0 Å². The van der Waals surface area contributed by atoms with Crippen molar-refractivity contribution in [2.45, 2.75) is 44.0 Å². The minimum absolute atomic E-state index is 0.0851. The van der Waals surface area contributed by atoms with Crippen LogP contribution in [0.25, 0.3) is 21.8 Å². The number of benzene rings is 1. The van der Waals surface area contributed by atoms with E-state index in [1.807, 2.05) is 12.1 Å². The Morgan fingerprint density at radius 2 is 1.88 bits per heavy atom. The number of alkyl halides is 3. The molecule has 1 N–H and O–H groups in total. The highest BCUT2D eigenvalue weighted by Gasteiger charge is 2.46. The number of hydrogen-bond donors (Lipinski definition) is 1. The van der Waals surface area contributed by atoms with Gasteiger partial charge in [0, 0.05) is 28.4 Å². The lowest BCUT2D eigenvalue weighted by Crippen LogP contribution is -2.29. The van der Waals surface area contributed by atoms with E-state index in [0.29, 0.717) is 17.2 Å². The third-order valence-electron chi connectivity index (χ3n) is 5.59. The maximum atomic E-state index is 12.6. The maximum absolute atomic E-state index is 12.6. The molecule has 1 saturated carbocycles. The zero-order chi connectivity index (χ0) is 23.6. The number of anilines is 1. The molecule has 2 heterocycles. The van der Waals surface area contributed by atoms with Crippen LogP contribution >= 0.6 is 22.9 Å². The number of pyridine rings is 1. The van der Waals surface area contributed by atoms with Gasteiger partial charge >= 0.3 is 15.5 Å². The average Bonchev–Trinajstić information content (AvgIpc) is 3.24. The summed E-state index contributed by atoms with van der Waals surface area (Å²) in [4.78, 5) is 9.14. The second-order valence-corrected chi connectivity index (χ2v) is 11.0. The fourth-order valence-corrected chi connectivity index (χ4v) is 5.59. The molecular formula is C22H21ClF3N3O2S2. The van der Waals surface area contributed by atoms with E-state index in [1.54, 1.807) is 11.6 Å². The fourth-order valence-electron chi connectivity index (χ4n) is 3.94. The number of thiazole rings is 1. The highest BCUT2D eigenvalue weighted by molar-refractivity contribution is 7.93. The van der Waals surface area contributed by atoms with E-state index < -0.39 is 15.5 Å². The minimum atomic E-state index is -5.52. The molecule has 0 spiro atoms. The molecule has 1 fully saturated rings. The molecule has 0 aliphatic heterocycles. The Kier molecular flexibility index (Phi) is 6.97. The molecule has 0 radical (unpaired) electrons. The SMILES string of the molecule is O=S(=O)(Nc1ccc(-c2csc(-c3ccnc(CC4CCCCC4)c3)n2)c(Cl)c1)C(F)(F)F. The van der Waals surface area contributed by atoms with Crippen molar-refractivity contribution in [3.05, 3.63) is 52.6 Å². The van der Waals surface area contributed by atoms with Crippen molar-refractivity contribution in [3.8, 4) is 21.8 Å². The summed E-state index contributed by atoms with van der Waals surface area (Å²) in [5, 5.41) is 2.66. The molecule has 5 nitrogen and oxygen atoms in total. The zero-order valence-corrected chi connectivity index (χ0v) is 19.8. The second kappa shape index (κ2) is 9.60. The van der Waals surface area contributed by atoms with E-state index in [0.717, 1.165) is 28.8 Å². The maximum Gasteiger partial charge on any atom is 0.516 e. The normalized spacial score (nSPS) is 15.5. The van der Waals surface area contributed by atoms with Gasteiger partial charge in [0.1, 0.15) is 5.01 Å². The summed E-state index contributed by atoms with van der Waals surface area (Å²) in [6, 6.07) is 7.74. The van der Waals surface area contributed by atoms with Gasteiger partial charge < -0.3 is 0 Å². The van der Waals surface area contributed by atoms with E-state index in [9.17, 15) is 21.6 Å². The van der Waals surface area contributed by atoms with Gasteiger partial charge in [-0.05, 0) is 42.7 Å². The Balaban J connectivity index is 1.52. The molecule has 11 heteroatoms. The molecule has 0 atom stereocenters. The summed E-state index contributed by atoms with van der Waals surface area (Å²) >= 11 is 7.66. The lowest BCUT2D eigenvalue weighted by molar-refractivity contribution is -0.0429. The van der Waals surface area contributed by atoms with Gasteiger partial charge in [0.05, 0.1) is 16.4 Å². The molecule has 33 heavy (non-hydrogen) atoms. The predicted octanol–water partition coefficient (Wildman–Crippen LogP) is 6.91. The second-order valence-electron chi connectivity index (χ2n) is 8.03. The van der Waals surface area contributed by atoms with Gasteiger partial charge in [-0.2, -0.15) is 21.6 Å². The molecule has 3 aromatic rings. The van der Waals surface area contributed by atoms with E-state index in [1.165, 1.54) is 60.3 Å². The van der Waals surface area contributed by atoms with Crippen LogP contribution in [-0.4, -0.2) is 23.9 Å². The lowest BCUT2D eigenvalue weighted by atomic mass is 9.86. The Hall–Kier alpha value is -2.17. The first-order valence-electron chi connectivity index (χ1n) is 10.4. The van der Waals surface area contributed by atoms with Crippen LogP contribution in [0.2, 0.25) is 5.02 Å². The van der Waals surface area contributed by atoms with Crippen LogP contribution in [0.3, 0.4) is 0 Å². The number of sulfonamides is 1. The Morgan fingerprint density at radius 3 is 2.58 bits per heavy atom. The van der Waals surface area contributed by atoms with Crippen molar-refractivity contribution in [2.24, 2.45) is 5.92 Å².